The van der Waals surface area contributed by atoms with Gasteiger partial charge < -0.3 is 13.7 Å². The van der Waals surface area contributed by atoms with E-state index in [2.05, 4.69) is 169 Å². The molecular weight excluding hydrogens is 599 g/mol. The van der Waals surface area contributed by atoms with E-state index < -0.39 is 0 Å². The van der Waals surface area contributed by atoms with Gasteiger partial charge in [0.15, 0.2) is 0 Å². The second-order valence-electron chi connectivity index (χ2n) is 12.5. The van der Waals surface area contributed by atoms with Crippen LogP contribution in [-0.4, -0.2) is 0 Å². The van der Waals surface area contributed by atoms with Crippen LogP contribution in [0.25, 0.3) is 76.9 Å². The summed E-state index contributed by atoms with van der Waals surface area (Å²) in [6, 6.07) is 62.0. The van der Waals surface area contributed by atoms with Crippen LogP contribution in [0.15, 0.2) is 185 Å². The van der Waals surface area contributed by atoms with E-state index >= 15 is 0 Å². The molecule has 0 amide bonds. The first-order valence-electron chi connectivity index (χ1n) is 16.6. The fourth-order valence-corrected chi connectivity index (χ4v) is 7.46. The third-order valence-electron chi connectivity index (χ3n) is 9.68. The summed E-state index contributed by atoms with van der Waals surface area (Å²) >= 11 is 0. The van der Waals surface area contributed by atoms with Crippen LogP contribution in [0.5, 0.6) is 0 Å². The number of hydrogen-bond acceptors (Lipinski definition) is 3. The molecular formula is C46H29NO2. The second-order valence-corrected chi connectivity index (χ2v) is 12.5. The minimum absolute atomic E-state index is 0.857. The molecule has 8 aromatic carbocycles. The average Bonchev–Trinajstić information content (AvgIpc) is 3.75. The highest BCUT2D eigenvalue weighted by Gasteiger charge is 2.24. The lowest BCUT2D eigenvalue weighted by molar-refractivity contribution is 0.669. The Kier molecular flexibility index (Phi) is 6.18. The van der Waals surface area contributed by atoms with Crippen molar-refractivity contribution < 1.29 is 8.83 Å². The van der Waals surface area contributed by atoms with Crippen molar-refractivity contribution in [3.8, 4) is 22.3 Å². The van der Waals surface area contributed by atoms with Crippen molar-refractivity contribution in [1.29, 1.82) is 0 Å². The van der Waals surface area contributed by atoms with Crippen LogP contribution in [0, 0.1) is 0 Å². The van der Waals surface area contributed by atoms with Crippen molar-refractivity contribution in [2.24, 2.45) is 0 Å². The zero-order valence-corrected chi connectivity index (χ0v) is 26.5. The molecule has 0 saturated carbocycles. The highest BCUT2D eigenvalue weighted by Crippen LogP contribution is 2.48. The number of anilines is 3. The summed E-state index contributed by atoms with van der Waals surface area (Å²) in [5, 5.41) is 6.67. The molecule has 0 aliphatic heterocycles. The molecule has 230 valence electrons. The van der Waals surface area contributed by atoms with Gasteiger partial charge in [0, 0.05) is 32.8 Å². The molecule has 10 aromatic rings. The maximum atomic E-state index is 6.68. The normalized spacial score (nSPS) is 11.7. The Labute approximate surface area is 282 Å². The maximum Gasteiger partial charge on any atom is 0.143 e. The second kappa shape index (κ2) is 11.0. The van der Waals surface area contributed by atoms with E-state index in [9.17, 15) is 0 Å². The Morgan fingerprint density at radius 2 is 0.980 bits per heavy atom. The van der Waals surface area contributed by atoms with Gasteiger partial charge in [-0.3, -0.25) is 0 Å². The molecule has 3 heteroatoms. The highest BCUT2D eigenvalue weighted by molar-refractivity contribution is 6.20. The first kappa shape index (κ1) is 27.5. The topological polar surface area (TPSA) is 29.5 Å². The monoisotopic (exact) mass is 627 g/mol. The molecule has 10 rings (SSSR count). The van der Waals surface area contributed by atoms with E-state index in [1.165, 1.54) is 11.1 Å². The van der Waals surface area contributed by atoms with Crippen molar-refractivity contribution in [1.82, 2.24) is 0 Å². The Bertz CT molecular complexity index is 2830. The van der Waals surface area contributed by atoms with Crippen molar-refractivity contribution >= 4 is 71.7 Å². The van der Waals surface area contributed by atoms with E-state index in [4.69, 9.17) is 8.83 Å². The van der Waals surface area contributed by atoms with E-state index in [1.54, 1.807) is 0 Å². The van der Waals surface area contributed by atoms with E-state index in [1.807, 2.05) is 12.1 Å². The minimum Gasteiger partial charge on any atom is -0.456 e. The molecule has 0 N–H and O–H groups in total. The zero-order chi connectivity index (χ0) is 32.3. The lowest BCUT2D eigenvalue weighted by Gasteiger charge is -2.29. The van der Waals surface area contributed by atoms with Gasteiger partial charge in [0.25, 0.3) is 0 Å². The Balaban J connectivity index is 1.26. The summed E-state index contributed by atoms with van der Waals surface area (Å²) in [5.74, 6) is 0. The van der Waals surface area contributed by atoms with Crippen molar-refractivity contribution in [3.63, 3.8) is 0 Å². The van der Waals surface area contributed by atoms with Gasteiger partial charge in [0.1, 0.15) is 22.3 Å². The molecule has 0 spiro atoms. The quantitative estimate of drug-likeness (QED) is 0.190. The molecule has 0 bridgehead atoms. The number of benzene rings is 8. The molecule has 3 nitrogen and oxygen atoms in total. The number of hydrogen-bond donors (Lipinski definition) is 0. The van der Waals surface area contributed by atoms with Crippen LogP contribution < -0.4 is 4.90 Å². The smallest absolute Gasteiger partial charge is 0.143 e. The molecule has 2 heterocycles. The fraction of sp³-hybridized carbons (Fsp3) is 0. The van der Waals surface area contributed by atoms with Crippen LogP contribution >= 0.6 is 0 Å². The average molecular weight is 628 g/mol. The number of fused-ring (bicyclic) bond motifs is 8. The molecule has 49 heavy (non-hydrogen) atoms. The van der Waals surface area contributed by atoms with E-state index in [0.717, 1.165) is 82.8 Å². The Morgan fingerprint density at radius 3 is 1.86 bits per heavy atom. The Hall–Kier alpha value is -6.58. The van der Waals surface area contributed by atoms with Crippen LogP contribution in [0.2, 0.25) is 0 Å². The number of nitrogens with zero attached hydrogens (tertiary/aromatic N) is 1. The van der Waals surface area contributed by atoms with Gasteiger partial charge >= 0.3 is 0 Å². The molecule has 0 aliphatic rings. The van der Waals surface area contributed by atoms with Gasteiger partial charge in [-0.1, -0.05) is 127 Å². The SMILES string of the molecule is c1ccc(-c2ccc(N(c3ccccc3-c3cccc4oc5ccccc5c34)c3cccc4oc5c6ccccc6ccc5c34)cc2)cc1. The van der Waals surface area contributed by atoms with E-state index in [-0.39, 0.29) is 0 Å². The van der Waals surface area contributed by atoms with Crippen LogP contribution in [0.3, 0.4) is 0 Å². The van der Waals surface area contributed by atoms with Crippen molar-refractivity contribution in [2.45, 2.75) is 0 Å². The summed E-state index contributed by atoms with van der Waals surface area (Å²) in [6.45, 7) is 0. The maximum absolute atomic E-state index is 6.68. The van der Waals surface area contributed by atoms with Gasteiger partial charge in [0.2, 0.25) is 0 Å². The highest BCUT2D eigenvalue weighted by atomic mass is 16.3. The number of para-hydroxylation sites is 2. The number of furan rings is 2. The van der Waals surface area contributed by atoms with E-state index in [0.29, 0.717) is 0 Å². The lowest BCUT2D eigenvalue weighted by Crippen LogP contribution is -2.11. The first-order valence-corrected chi connectivity index (χ1v) is 16.6. The molecule has 0 saturated heterocycles. The molecule has 0 unspecified atom stereocenters. The summed E-state index contributed by atoms with van der Waals surface area (Å²) in [5.41, 5.74) is 11.3. The Morgan fingerprint density at radius 1 is 0.347 bits per heavy atom. The lowest BCUT2D eigenvalue weighted by atomic mass is 9.96. The van der Waals surface area contributed by atoms with Crippen LogP contribution in [0.4, 0.5) is 17.1 Å². The van der Waals surface area contributed by atoms with Gasteiger partial charge in [-0.25, -0.2) is 0 Å². The summed E-state index contributed by atoms with van der Waals surface area (Å²) in [6.07, 6.45) is 0. The third kappa shape index (κ3) is 4.37. The summed E-state index contributed by atoms with van der Waals surface area (Å²) < 4.78 is 13.0. The zero-order valence-electron chi connectivity index (χ0n) is 26.5. The van der Waals surface area contributed by atoms with Crippen LogP contribution in [-0.2, 0) is 0 Å². The standard InChI is InChI=1S/C46H29NO2/c1-2-12-30(13-3-1)31-24-27-33(28-25-31)47(40-20-11-23-43-45(40)38-29-26-32-14-4-5-15-34(32)46(38)49-43)39-19-8-6-16-35(39)36-18-10-22-42-44(36)37-17-7-9-21-41(37)48-42/h1-29H. The summed E-state index contributed by atoms with van der Waals surface area (Å²) in [7, 11) is 0. The van der Waals surface area contributed by atoms with Crippen molar-refractivity contribution in [3.05, 3.63) is 176 Å². The molecule has 0 fully saturated rings. The molecule has 0 radical (unpaired) electrons. The third-order valence-corrected chi connectivity index (χ3v) is 9.68. The predicted molar refractivity (Wildman–Crippen MR) is 204 cm³/mol. The first-order chi connectivity index (χ1) is 24.3. The van der Waals surface area contributed by atoms with Gasteiger partial charge in [-0.15, -0.1) is 0 Å². The minimum atomic E-state index is 0.857. The molecule has 0 aliphatic carbocycles. The van der Waals surface area contributed by atoms with Gasteiger partial charge in [-0.2, -0.15) is 0 Å². The largest absolute Gasteiger partial charge is 0.456 e. The predicted octanol–water partition coefficient (Wildman–Crippen LogP) is 13.4. The van der Waals surface area contributed by atoms with Crippen molar-refractivity contribution in [2.75, 3.05) is 4.90 Å². The molecule has 0 atom stereocenters. The molecule has 2 aromatic heterocycles. The van der Waals surface area contributed by atoms with Gasteiger partial charge in [-0.05, 0) is 70.6 Å². The fourth-order valence-electron chi connectivity index (χ4n) is 7.46. The number of rotatable bonds is 5. The summed E-state index contributed by atoms with van der Waals surface area (Å²) in [4.78, 5) is 2.39. The van der Waals surface area contributed by atoms with Gasteiger partial charge in [0.05, 0.1) is 16.8 Å². The van der Waals surface area contributed by atoms with Crippen LogP contribution in [0.1, 0.15) is 0 Å².